The molecule has 1 rings (SSSR count). The zero-order chi connectivity index (χ0) is 15.2. The lowest BCUT2D eigenvalue weighted by molar-refractivity contribution is -0.135. The number of nitrogens with one attached hydrogen (secondary N) is 1. The lowest BCUT2D eigenvalue weighted by Crippen LogP contribution is -2.26. The maximum absolute atomic E-state index is 11.9. The summed E-state index contributed by atoms with van der Waals surface area (Å²) >= 11 is 0. The lowest BCUT2D eigenvalue weighted by atomic mass is 10.1. The average Bonchev–Trinajstić information content (AvgIpc) is 2.41. The Morgan fingerprint density at radius 1 is 1.35 bits per heavy atom. The van der Waals surface area contributed by atoms with Crippen molar-refractivity contribution in [3.05, 3.63) is 35.4 Å². The monoisotopic (exact) mass is 289 g/mol. The number of oxime groups is 1. The molecule has 5 nitrogen and oxygen atoms in total. The third kappa shape index (κ3) is 5.17. The predicted octanol–water partition coefficient (Wildman–Crippen LogP) is 1.85. The van der Waals surface area contributed by atoms with Crippen molar-refractivity contribution in [1.29, 1.82) is 0 Å². The molecule has 0 bridgehead atoms. The second kappa shape index (κ2) is 6.78. The van der Waals surface area contributed by atoms with Crippen molar-refractivity contribution >= 4 is 11.7 Å². The second-order valence-electron chi connectivity index (χ2n) is 4.04. The van der Waals surface area contributed by atoms with E-state index in [1.54, 1.807) is 0 Å². The van der Waals surface area contributed by atoms with Crippen molar-refractivity contribution in [2.24, 2.45) is 10.9 Å². The molecule has 0 aliphatic heterocycles. The van der Waals surface area contributed by atoms with Gasteiger partial charge in [-0.3, -0.25) is 4.79 Å². The van der Waals surface area contributed by atoms with Gasteiger partial charge in [-0.1, -0.05) is 17.3 Å². The van der Waals surface area contributed by atoms with Gasteiger partial charge in [-0.25, -0.2) is 0 Å². The number of halogens is 3. The van der Waals surface area contributed by atoms with Crippen molar-refractivity contribution in [2.45, 2.75) is 19.0 Å². The molecule has 20 heavy (non-hydrogen) atoms. The van der Waals surface area contributed by atoms with Gasteiger partial charge in [-0.15, -0.1) is 0 Å². The highest BCUT2D eigenvalue weighted by molar-refractivity contribution is 6.01. The van der Waals surface area contributed by atoms with Crippen molar-refractivity contribution in [3.8, 4) is 0 Å². The molecule has 4 N–H and O–H groups in total. The molecule has 0 spiro atoms. The van der Waals surface area contributed by atoms with E-state index in [4.69, 9.17) is 10.9 Å². The van der Waals surface area contributed by atoms with Crippen molar-refractivity contribution in [3.63, 3.8) is 0 Å². The molecule has 1 aromatic carbocycles. The Bertz CT molecular complexity index is 501. The van der Waals surface area contributed by atoms with Gasteiger partial charge in [0.1, 0.15) is 0 Å². The van der Waals surface area contributed by atoms with Crippen LogP contribution in [-0.4, -0.2) is 29.7 Å². The smallest absolute Gasteiger partial charge is 0.389 e. The molecule has 0 unspecified atom stereocenters. The van der Waals surface area contributed by atoms with Gasteiger partial charge < -0.3 is 16.3 Å². The van der Waals surface area contributed by atoms with E-state index in [0.717, 1.165) is 0 Å². The molecule has 8 heteroatoms. The Morgan fingerprint density at radius 3 is 2.60 bits per heavy atom. The fraction of sp³-hybridized carbons (Fsp3) is 0.333. The van der Waals surface area contributed by atoms with Gasteiger partial charge in [0.15, 0.2) is 5.84 Å². The zero-order valence-corrected chi connectivity index (χ0v) is 10.4. The van der Waals surface area contributed by atoms with Crippen molar-refractivity contribution in [2.75, 3.05) is 6.54 Å². The number of rotatable bonds is 5. The Balaban J connectivity index is 2.56. The van der Waals surface area contributed by atoms with E-state index in [9.17, 15) is 18.0 Å². The molecule has 0 aliphatic rings. The van der Waals surface area contributed by atoms with Crippen LogP contribution in [0, 0.1) is 0 Å². The molecular formula is C12H14F3N3O2. The summed E-state index contributed by atoms with van der Waals surface area (Å²) in [7, 11) is 0. The van der Waals surface area contributed by atoms with E-state index < -0.39 is 18.5 Å². The zero-order valence-electron chi connectivity index (χ0n) is 10.4. The van der Waals surface area contributed by atoms with Gasteiger partial charge in [-0.05, 0) is 18.6 Å². The minimum atomic E-state index is -4.23. The first-order chi connectivity index (χ1) is 9.33. The van der Waals surface area contributed by atoms with Crippen LogP contribution in [0.4, 0.5) is 13.2 Å². The molecule has 1 aromatic rings. The molecule has 0 aromatic heterocycles. The maximum atomic E-state index is 11.9. The largest absolute Gasteiger partial charge is 0.409 e. The quantitative estimate of drug-likeness (QED) is 0.254. The average molecular weight is 289 g/mol. The standard InChI is InChI=1S/C12H14F3N3O2/c13-12(14,15)5-2-6-17-11(19)9-4-1-3-8(7-9)10(16)18-20/h1,3-4,7,20H,2,5-6H2,(H2,16,18)(H,17,19). The maximum Gasteiger partial charge on any atom is 0.389 e. The highest BCUT2D eigenvalue weighted by Crippen LogP contribution is 2.20. The van der Waals surface area contributed by atoms with E-state index in [-0.39, 0.29) is 24.4 Å². The van der Waals surface area contributed by atoms with Crippen LogP contribution in [0.1, 0.15) is 28.8 Å². The molecule has 0 saturated heterocycles. The van der Waals surface area contributed by atoms with Crippen molar-refractivity contribution < 1.29 is 23.2 Å². The number of nitrogens with zero attached hydrogens (tertiary/aromatic N) is 1. The van der Waals surface area contributed by atoms with E-state index in [1.165, 1.54) is 24.3 Å². The fourth-order valence-corrected chi connectivity index (χ4v) is 1.47. The predicted molar refractivity (Wildman–Crippen MR) is 66.6 cm³/mol. The molecule has 0 saturated carbocycles. The van der Waals surface area contributed by atoms with Gasteiger partial charge in [0.25, 0.3) is 5.91 Å². The van der Waals surface area contributed by atoms with Crippen LogP contribution in [0.15, 0.2) is 29.4 Å². The second-order valence-corrected chi connectivity index (χ2v) is 4.04. The molecular weight excluding hydrogens is 275 g/mol. The highest BCUT2D eigenvalue weighted by atomic mass is 19.4. The first kappa shape index (κ1) is 15.8. The van der Waals surface area contributed by atoms with Crippen LogP contribution < -0.4 is 11.1 Å². The SMILES string of the molecule is N/C(=N/O)c1cccc(C(=O)NCCCC(F)(F)F)c1. The van der Waals surface area contributed by atoms with E-state index >= 15 is 0 Å². The molecule has 110 valence electrons. The number of amides is 1. The Morgan fingerprint density at radius 2 is 2.00 bits per heavy atom. The van der Waals surface area contributed by atoms with E-state index in [2.05, 4.69) is 10.5 Å². The van der Waals surface area contributed by atoms with Gasteiger partial charge in [0, 0.05) is 24.1 Å². The number of alkyl halides is 3. The summed E-state index contributed by atoms with van der Waals surface area (Å²) in [4.78, 5) is 11.7. The van der Waals surface area contributed by atoms with Crippen LogP contribution in [0.2, 0.25) is 0 Å². The van der Waals surface area contributed by atoms with Crippen molar-refractivity contribution in [1.82, 2.24) is 5.32 Å². The van der Waals surface area contributed by atoms with Gasteiger partial charge in [-0.2, -0.15) is 13.2 Å². The van der Waals surface area contributed by atoms with Crippen LogP contribution in [0.3, 0.4) is 0 Å². The Kier molecular flexibility index (Phi) is 5.36. The summed E-state index contributed by atoms with van der Waals surface area (Å²) in [6, 6.07) is 5.93. The van der Waals surface area contributed by atoms with Crippen LogP contribution >= 0.6 is 0 Å². The third-order valence-electron chi connectivity index (χ3n) is 2.45. The Hall–Kier alpha value is -2.25. The molecule has 0 aliphatic carbocycles. The lowest BCUT2D eigenvalue weighted by Gasteiger charge is -2.08. The highest BCUT2D eigenvalue weighted by Gasteiger charge is 2.26. The summed E-state index contributed by atoms with van der Waals surface area (Å²) in [5.74, 6) is -0.670. The summed E-state index contributed by atoms with van der Waals surface area (Å²) in [6.45, 7) is -0.0772. The number of hydrogen-bond donors (Lipinski definition) is 3. The normalized spacial score (nSPS) is 12.2. The molecule has 0 fully saturated rings. The summed E-state index contributed by atoms with van der Waals surface area (Å²) in [5.41, 5.74) is 5.94. The molecule has 0 radical (unpaired) electrons. The van der Waals surface area contributed by atoms with Crippen LogP contribution in [-0.2, 0) is 0 Å². The van der Waals surface area contributed by atoms with Crippen LogP contribution in [0.5, 0.6) is 0 Å². The number of carbonyl (C=O) groups is 1. The number of carbonyl (C=O) groups excluding carboxylic acids is 1. The van der Waals surface area contributed by atoms with E-state index in [0.29, 0.717) is 5.56 Å². The van der Waals surface area contributed by atoms with E-state index in [1.807, 2.05) is 0 Å². The molecule has 0 atom stereocenters. The minimum absolute atomic E-state index is 0.0772. The summed E-state index contributed by atoms with van der Waals surface area (Å²) in [6.07, 6.45) is -5.36. The first-order valence-corrected chi connectivity index (χ1v) is 5.76. The number of benzene rings is 1. The van der Waals surface area contributed by atoms with Crippen LogP contribution in [0.25, 0.3) is 0 Å². The number of amidine groups is 1. The number of hydrogen-bond acceptors (Lipinski definition) is 3. The summed E-state index contributed by atoms with van der Waals surface area (Å²) in [5, 5.41) is 13.7. The summed E-state index contributed by atoms with van der Waals surface area (Å²) < 4.78 is 35.8. The third-order valence-corrected chi connectivity index (χ3v) is 2.45. The first-order valence-electron chi connectivity index (χ1n) is 5.76. The van der Waals surface area contributed by atoms with Gasteiger partial charge >= 0.3 is 6.18 Å². The topological polar surface area (TPSA) is 87.7 Å². The molecule has 0 heterocycles. The minimum Gasteiger partial charge on any atom is -0.409 e. The number of nitrogens with two attached hydrogens (primary N) is 1. The fourth-order valence-electron chi connectivity index (χ4n) is 1.47. The molecule has 1 amide bonds. The Labute approximate surface area is 113 Å². The van der Waals surface area contributed by atoms with Gasteiger partial charge in [0.05, 0.1) is 0 Å². The van der Waals surface area contributed by atoms with Gasteiger partial charge in [0.2, 0.25) is 0 Å².